The van der Waals surface area contributed by atoms with Crippen LogP contribution in [-0.4, -0.2) is 22.8 Å². The number of carbonyl (C=O) groups is 1. The molecule has 1 amide bonds. The molecule has 26 heavy (non-hydrogen) atoms. The Balaban J connectivity index is 1.78. The lowest BCUT2D eigenvalue weighted by atomic mass is 10.2. The van der Waals surface area contributed by atoms with E-state index in [1.165, 1.54) is 7.11 Å². The zero-order valence-corrected chi connectivity index (χ0v) is 16.8. The van der Waals surface area contributed by atoms with Crippen LogP contribution in [0.2, 0.25) is 10.0 Å². The van der Waals surface area contributed by atoms with Crippen molar-refractivity contribution in [1.82, 2.24) is 9.78 Å². The minimum Gasteiger partial charge on any atom is -0.496 e. The Hall–Kier alpha value is -2.02. The molecule has 1 aromatic heterocycles. The third kappa shape index (κ3) is 4.38. The number of amides is 1. The minimum atomic E-state index is -0.359. The molecule has 134 valence electrons. The van der Waals surface area contributed by atoms with E-state index in [0.717, 1.165) is 5.56 Å². The van der Waals surface area contributed by atoms with Gasteiger partial charge in [0.25, 0.3) is 5.91 Å². The molecule has 0 unspecified atom stereocenters. The van der Waals surface area contributed by atoms with Crippen LogP contribution in [0.3, 0.4) is 0 Å². The number of hydrogen-bond acceptors (Lipinski definition) is 3. The molecule has 1 N–H and O–H groups in total. The zero-order valence-electron chi connectivity index (χ0n) is 13.7. The van der Waals surface area contributed by atoms with Gasteiger partial charge in [-0.1, -0.05) is 35.3 Å². The van der Waals surface area contributed by atoms with Crippen molar-refractivity contribution in [2.24, 2.45) is 0 Å². The van der Waals surface area contributed by atoms with Gasteiger partial charge in [0.15, 0.2) is 5.82 Å². The second kappa shape index (κ2) is 8.12. The predicted octanol–water partition coefficient (Wildman–Crippen LogP) is 5.26. The quantitative estimate of drug-likeness (QED) is 0.571. The first-order valence-electron chi connectivity index (χ1n) is 7.58. The third-order valence-corrected chi connectivity index (χ3v) is 4.68. The van der Waals surface area contributed by atoms with E-state index in [4.69, 9.17) is 27.9 Å². The molecule has 2 aromatic carbocycles. The topological polar surface area (TPSA) is 56.1 Å². The van der Waals surface area contributed by atoms with Gasteiger partial charge in [-0.15, -0.1) is 0 Å². The number of ether oxygens (including phenoxy) is 1. The summed E-state index contributed by atoms with van der Waals surface area (Å²) in [4.78, 5) is 12.6. The van der Waals surface area contributed by atoms with Crippen molar-refractivity contribution >= 4 is 50.9 Å². The molecule has 0 aliphatic carbocycles. The van der Waals surface area contributed by atoms with Crippen molar-refractivity contribution in [2.45, 2.75) is 6.54 Å². The number of halogens is 3. The van der Waals surface area contributed by atoms with E-state index >= 15 is 0 Å². The highest BCUT2D eigenvalue weighted by molar-refractivity contribution is 9.10. The first kappa shape index (κ1) is 18.8. The summed E-state index contributed by atoms with van der Waals surface area (Å²) in [6.45, 7) is 0.548. The molecule has 8 heteroatoms. The van der Waals surface area contributed by atoms with E-state index < -0.39 is 0 Å². The van der Waals surface area contributed by atoms with E-state index in [9.17, 15) is 4.79 Å². The molecule has 0 saturated carbocycles. The Morgan fingerprint density at radius 2 is 1.88 bits per heavy atom. The van der Waals surface area contributed by atoms with Crippen molar-refractivity contribution in [1.29, 1.82) is 0 Å². The van der Waals surface area contributed by atoms with Crippen LogP contribution in [0.4, 0.5) is 5.82 Å². The molecule has 0 aliphatic heterocycles. The van der Waals surface area contributed by atoms with E-state index in [1.54, 1.807) is 29.1 Å². The maximum Gasteiger partial charge on any atom is 0.260 e. The average Bonchev–Trinajstić information content (AvgIpc) is 2.96. The number of nitrogens with zero attached hydrogens (tertiary/aromatic N) is 2. The fourth-order valence-corrected chi connectivity index (χ4v) is 3.09. The summed E-state index contributed by atoms with van der Waals surface area (Å²) >= 11 is 15.3. The molecule has 0 atom stereocenters. The summed E-state index contributed by atoms with van der Waals surface area (Å²) in [5.74, 6) is 0.483. The number of nitrogens with one attached hydrogen (secondary N) is 1. The minimum absolute atomic E-state index is 0.333. The lowest BCUT2D eigenvalue weighted by molar-refractivity contribution is 0.102. The Kier molecular flexibility index (Phi) is 5.86. The molecule has 5 nitrogen and oxygen atoms in total. The largest absolute Gasteiger partial charge is 0.496 e. The number of benzene rings is 2. The summed E-state index contributed by atoms with van der Waals surface area (Å²) < 4.78 is 7.60. The van der Waals surface area contributed by atoms with Crippen LogP contribution < -0.4 is 10.1 Å². The molecular weight excluding hydrogens is 441 g/mol. The molecule has 3 rings (SSSR count). The molecule has 0 bridgehead atoms. The molecule has 1 heterocycles. The second-order valence-corrected chi connectivity index (χ2v) is 7.18. The summed E-state index contributed by atoms with van der Waals surface area (Å²) in [5, 5.41) is 8.30. The molecule has 0 spiro atoms. The Bertz CT molecular complexity index is 942. The van der Waals surface area contributed by atoms with Gasteiger partial charge in [-0.2, -0.15) is 5.10 Å². The SMILES string of the molecule is COc1ccc(Cl)cc1C(=O)Nc1nn(Cc2ccc(Cl)cc2)cc1Br. The van der Waals surface area contributed by atoms with E-state index in [-0.39, 0.29) is 5.91 Å². The average molecular weight is 455 g/mol. The monoisotopic (exact) mass is 453 g/mol. The number of carbonyl (C=O) groups excluding carboxylic acids is 1. The highest BCUT2D eigenvalue weighted by atomic mass is 79.9. The highest BCUT2D eigenvalue weighted by Gasteiger charge is 2.16. The van der Waals surface area contributed by atoms with Crippen molar-refractivity contribution in [3.63, 3.8) is 0 Å². The van der Waals surface area contributed by atoms with Gasteiger partial charge >= 0.3 is 0 Å². The lowest BCUT2D eigenvalue weighted by Crippen LogP contribution is -2.14. The summed E-state index contributed by atoms with van der Waals surface area (Å²) in [7, 11) is 1.50. The van der Waals surface area contributed by atoms with Crippen LogP contribution in [0.15, 0.2) is 53.1 Å². The Morgan fingerprint density at radius 1 is 1.19 bits per heavy atom. The van der Waals surface area contributed by atoms with Crippen LogP contribution in [0, 0.1) is 0 Å². The number of hydrogen-bond donors (Lipinski definition) is 1. The van der Waals surface area contributed by atoms with Crippen LogP contribution in [0.5, 0.6) is 5.75 Å². The second-order valence-electron chi connectivity index (χ2n) is 5.45. The fourth-order valence-electron chi connectivity index (χ4n) is 2.37. The fraction of sp³-hybridized carbons (Fsp3) is 0.111. The predicted molar refractivity (Wildman–Crippen MR) is 106 cm³/mol. The molecule has 0 radical (unpaired) electrons. The molecular formula is C18H14BrCl2N3O2. The van der Waals surface area contributed by atoms with Crippen LogP contribution >= 0.6 is 39.1 Å². The zero-order chi connectivity index (χ0) is 18.7. The molecule has 0 aliphatic rings. The summed E-state index contributed by atoms with van der Waals surface area (Å²) in [6.07, 6.45) is 1.79. The smallest absolute Gasteiger partial charge is 0.260 e. The number of rotatable bonds is 5. The summed E-state index contributed by atoms with van der Waals surface area (Å²) in [6, 6.07) is 12.3. The van der Waals surface area contributed by atoms with Crippen LogP contribution in [0.25, 0.3) is 0 Å². The van der Waals surface area contributed by atoms with Gasteiger partial charge in [-0.3, -0.25) is 9.48 Å². The van der Waals surface area contributed by atoms with E-state index in [0.29, 0.717) is 38.2 Å². The van der Waals surface area contributed by atoms with E-state index in [2.05, 4.69) is 26.3 Å². The van der Waals surface area contributed by atoms with Gasteiger partial charge in [0.05, 0.1) is 23.7 Å². The normalized spacial score (nSPS) is 10.6. The maximum atomic E-state index is 12.6. The molecule has 3 aromatic rings. The number of aromatic nitrogens is 2. The third-order valence-electron chi connectivity index (χ3n) is 3.61. The molecule has 0 saturated heterocycles. The van der Waals surface area contributed by atoms with Gasteiger partial charge in [0.1, 0.15) is 5.75 Å². The Morgan fingerprint density at radius 3 is 2.58 bits per heavy atom. The van der Waals surface area contributed by atoms with Gasteiger partial charge in [0.2, 0.25) is 0 Å². The first-order chi connectivity index (χ1) is 12.5. The van der Waals surface area contributed by atoms with Gasteiger partial charge < -0.3 is 10.1 Å². The highest BCUT2D eigenvalue weighted by Crippen LogP contribution is 2.26. The number of anilines is 1. The van der Waals surface area contributed by atoms with Crippen LogP contribution in [-0.2, 0) is 6.54 Å². The van der Waals surface area contributed by atoms with Gasteiger partial charge in [0, 0.05) is 16.2 Å². The number of methoxy groups -OCH3 is 1. The standard InChI is InChI=1S/C18H14BrCl2N3O2/c1-26-16-7-6-13(21)8-14(16)18(25)22-17-15(19)10-24(23-17)9-11-2-4-12(20)5-3-11/h2-8,10H,9H2,1H3,(H,22,23,25). The van der Waals surface area contributed by atoms with Gasteiger partial charge in [-0.25, -0.2) is 0 Å². The van der Waals surface area contributed by atoms with Gasteiger partial charge in [-0.05, 0) is 51.8 Å². The van der Waals surface area contributed by atoms with Crippen molar-refractivity contribution < 1.29 is 9.53 Å². The lowest BCUT2D eigenvalue weighted by Gasteiger charge is -2.08. The van der Waals surface area contributed by atoms with Crippen molar-refractivity contribution in [3.8, 4) is 5.75 Å². The van der Waals surface area contributed by atoms with Crippen LogP contribution in [0.1, 0.15) is 15.9 Å². The molecule has 0 fully saturated rings. The van der Waals surface area contributed by atoms with Crippen molar-refractivity contribution in [2.75, 3.05) is 12.4 Å². The Labute approximate surface area is 169 Å². The first-order valence-corrected chi connectivity index (χ1v) is 9.13. The van der Waals surface area contributed by atoms with E-state index in [1.807, 2.05) is 24.3 Å². The maximum absolute atomic E-state index is 12.6. The van der Waals surface area contributed by atoms with Crippen molar-refractivity contribution in [3.05, 3.63) is 74.3 Å². The summed E-state index contributed by atoms with van der Waals surface area (Å²) in [5.41, 5.74) is 1.37.